The maximum atomic E-state index is 13.0. The van der Waals surface area contributed by atoms with Crippen molar-refractivity contribution < 1.29 is 9.53 Å². The molecule has 1 amide bonds. The van der Waals surface area contributed by atoms with Crippen molar-refractivity contribution in [2.24, 2.45) is 0 Å². The molecular formula is C23H26N4O2. The number of amides is 1. The van der Waals surface area contributed by atoms with Crippen LogP contribution in [0.1, 0.15) is 12.0 Å². The Hall–Kier alpha value is -3.12. The normalized spacial score (nSPS) is 16.0. The zero-order valence-corrected chi connectivity index (χ0v) is 16.8. The maximum absolute atomic E-state index is 13.0. The zero-order chi connectivity index (χ0) is 20.2. The third kappa shape index (κ3) is 4.17. The molecule has 0 radical (unpaired) electrons. The van der Waals surface area contributed by atoms with E-state index < -0.39 is 0 Å². The Kier molecular flexibility index (Phi) is 5.62. The lowest BCUT2D eigenvalue weighted by molar-refractivity contribution is -0.130. The van der Waals surface area contributed by atoms with Crippen molar-refractivity contribution >= 4 is 5.91 Å². The summed E-state index contributed by atoms with van der Waals surface area (Å²) in [6.07, 6.45) is 3.28. The minimum Gasteiger partial charge on any atom is -0.497 e. The standard InChI is InChI=1S/C23H26N4O2/c1-26(20-12-13-24-15-20)22(28)14-18-16-27(19-6-4-3-5-7-19)25-23(18)17-8-10-21(29-2)11-9-17/h3-11,16,20,24H,12-15H2,1-2H3. The number of nitrogens with one attached hydrogen (secondary N) is 1. The van der Waals surface area contributed by atoms with Gasteiger partial charge < -0.3 is 15.0 Å². The van der Waals surface area contributed by atoms with Gasteiger partial charge in [-0.3, -0.25) is 4.79 Å². The van der Waals surface area contributed by atoms with Crippen LogP contribution in [0.4, 0.5) is 0 Å². The molecule has 0 spiro atoms. The highest BCUT2D eigenvalue weighted by Gasteiger charge is 2.25. The van der Waals surface area contributed by atoms with E-state index in [-0.39, 0.29) is 11.9 Å². The Balaban J connectivity index is 1.66. The number of para-hydroxylation sites is 1. The first kappa shape index (κ1) is 19.2. The van der Waals surface area contributed by atoms with Gasteiger partial charge in [-0.2, -0.15) is 5.10 Å². The molecule has 1 N–H and O–H groups in total. The van der Waals surface area contributed by atoms with Crippen LogP contribution in [0.2, 0.25) is 0 Å². The van der Waals surface area contributed by atoms with Crippen LogP contribution in [-0.4, -0.2) is 53.9 Å². The van der Waals surface area contributed by atoms with Gasteiger partial charge in [0.15, 0.2) is 0 Å². The number of hydrogen-bond acceptors (Lipinski definition) is 4. The Labute approximate surface area is 171 Å². The molecule has 2 aromatic carbocycles. The van der Waals surface area contributed by atoms with Gasteiger partial charge in [-0.25, -0.2) is 4.68 Å². The smallest absolute Gasteiger partial charge is 0.227 e. The fourth-order valence-corrected chi connectivity index (χ4v) is 3.71. The van der Waals surface area contributed by atoms with E-state index >= 15 is 0 Å². The summed E-state index contributed by atoms with van der Waals surface area (Å²) in [5, 5.41) is 8.13. The van der Waals surface area contributed by atoms with Crippen molar-refractivity contribution in [3.63, 3.8) is 0 Å². The molecule has 1 aromatic heterocycles. The van der Waals surface area contributed by atoms with E-state index in [1.54, 1.807) is 7.11 Å². The third-order valence-electron chi connectivity index (χ3n) is 5.49. The van der Waals surface area contributed by atoms with Gasteiger partial charge >= 0.3 is 0 Å². The minimum atomic E-state index is 0.112. The number of benzene rings is 2. The van der Waals surface area contributed by atoms with Crippen molar-refractivity contribution in [2.75, 3.05) is 27.2 Å². The predicted molar refractivity (Wildman–Crippen MR) is 113 cm³/mol. The van der Waals surface area contributed by atoms with Crippen LogP contribution >= 0.6 is 0 Å². The number of rotatable bonds is 6. The van der Waals surface area contributed by atoms with Gasteiger partial charge in [-0.05, 0) is 49.4 Å². The van der Waals surface area contributed by atoms with E-state index in [9.17, 15) is 4.79 Å². The maximum Gasteiger partial charge on any atom is 0.227 e. The second-order valence-electron chi connectivity index (χ2n) is 7.34. The Bertz CT molecular complexity index is 960. The molecule has 1 aliphatic rings. The van der Waals surface area contributed by atoms with E-state index in [4.69, 9.17) is 9.84 Å². The fourth-order valence-electron chi connectivity index (χ4n) is 3.71. The lowest BCUT2D eigenvalue weighted by atomic mass is 10.0. The van der Waals surface area contributed by atoms with Crippen molar-refractivity contribution in [2.45, 2.75) is 18.9 Å². The van der Waals surface area contributed by atoms with Gasteiger partial charge in [0.05, 0.1) is 24.9 Å². The monoisotopic (exact) mass is 390 g/mol. The fraction of sp³-hybridized carbons (Fsp3) is 0.304. The first-order valence-electron chi connectivity index (χ1n) is 9.90. The molecule has 0 saturated carbocycles. The highest BCUT2D eigenvalue weighted by atomic mass is 16.5. The molecule has 0 bridgehead atoms. The molecule has 2 heterocycles. The summed E-state index contributed by atoms with van der Waals surface area (Å²) in [5.41, 5.74) is 3.67. The molecule has 1 aliphatic heterocycles. The number of methoxy groups -OCH3 is 1. The van der Waals surface area contributed by atoms with E-state index in [1.807, 2.05) is 77.4 Å². The molecule has 3 aromatic rings. The number of aromatic nitrogens is 2. The number of hydrogen-bond donors (Lipinski definition) is 1. The van der Waals surface area contributed by atoms with Gasteiger partial charge in [0.25, 0.3) is 0 Å². The molecule has 0 aliphatic carbocycles. The van der Waals surface area contributed by atoms with Crippen molar-refractivity contribution in [3.8, 4) is 22.7 Å². The van der Waals surface area contributed by atoms with Crippen LogP contribution in [0.3, 0.4) is 0 Å². The summed E-state index contributed by atoms with van der Waals surface area (Å²) in [5.74, 6) is 0.906. The Morgan fingerprint density at radius 3 is 2.62 bits per heavy atom. The summed E-state index contributed by atoms with van der Waals surface area (Å²) in [4.78, 5) is 14.8. The molecule has 1 saturated heterocycles. The minimum absolute atomic E-state index is 0.112. The van der Waals surface area contributed by atoms with Crippen LogP contribution in [-0.2, 0) is 11.2 Å². The molecular weight excluding hydrogens is 364 g/mol. The summed E-state index contributed by atoms with van der Waals surface area (Å²) in [6, 6.07) is 18.0. The van der Waals surface area contributed by atoms with Gasteiger partial charge in [0, 0.05) is 37.0 Å². The number of nitrogens with zero attached hydrogens (tertiary/aromatic N) is 3. The highest BCUT2D eigenvalue weighted by Crippen LogP contribution is 2.26. The van der Waals surface area contributed by atoms with Crippen molar-refractivity contribution in [3.05, 3.63) is 66.4 Å². The summed E-state index contributed by atoms with van der Waals surface area (Å²) in [6.45, 7) is 1.82. The van der Waals surface area contributed by atoms with Crippen molar-refractivity contribution in [1.82, 2.24) is 20.0 Å². The molecule has 1 fully saturated rings. The first-order chi connectivity index (χ1) is 14.2. The zero-order valence-electron chi connectivity index (χ0n) is 16.8. The second-order valence-corrected chi connectivity index (χ2v) is 7.34. The van der Waals surface area contributed by atoms with Gasteiger partial charge in [-0.15, -0.1) is 0 Å². The SMILES string of the molecule is COc1ccc(-c2nn(-c3ccccc3)cc2CC(=O)N(C)C2CCNC2)cc1. The van der Waals surface area contributed by atoms with E-state index in [0.717, 1.165) is 47.8 Å². The lowest BCUT2D eigenvalue weighted by Crippen LogP contribution is -2.39. The van der Waals surface area contributed by atoms with Crippen LogP contribution in [0, 0.1) is 0 Å². The van der Waals surface area contributed by atoms with Gasteiger partial charge in [0.2, 0.25) is 5.91 Å². The molecule has 6 nitrogen and oxygen atoms in total. The molecule has 4 rings (SSSR count). The number of carbonyl (C=O) groups is 1. The topological polar surface area (TPSA) is 59.4 Å². The van der Waals surface area contributed by atoms with E-state index in [0.29, 0.717) is 6.42 Å². The van der Waals surface area contributed by atoms with Crippen LogP contribution in [0.15, 0.2) is 60.8 Å². The quantitative estimate of drug-likeness (QED) is 0.703. The third-order valence-corrected chi connectivity index (χ3v) is 5.49. The summed E-state index contributed by atoms with van der Waals surface area (Å²) in [7, 11) is 3.55. The molecule has 29 heavy (non-hydrogen) atoms. The Morgan fingerprint density at radius 1 is 1.21 bits per heavy atom. The summed E-state index contributed by atoms with van der Waals surface area (Å²) >= 11 is 0. The molecule has 150 valence electrons. The number of ether oxygens (including phenoxy) is 1. The molecule has 1 unspecified atom stereocenters. The number of likely N-dealkylation sites (N-methyl/N-ethyl adjacent to an activating group) is 1. The van der Waals surface area contributed by atoms with Crippen LogP contribution in [0.25, 0.3) is 16.9 Å². The number of carbonyl (C=O) groups excluding carboxylic acids is 1. The lowest BCUT2D eigenvalue weighted by Gasteiger charge is -2.23. The largest absolute Gasteiger partial charge is 0.497 e. The van der Waals surface area contributed by atoms with Crippen LogP contribution in [0.5, 0.6) is 5.75 Å². The van der Waals surface area contributed by atoms with Gasteiger partial charge in [-0.1, -0.05) is 18.2 Å². The van der Waals surface area contributed by atoms with Crippen LogP contribution < -0.4 is 10.1 Å². The Morgan fingerprint density at radius 2 is 1.97 bits per heavy atom. The average Bonchev–Trinajstić information content (AvgIpc) is 3.44. The van der Waals surface area contributed by atoms with E-state index in [2.05, 4.69) is 5.32 Å². The average molecular weight is 390 g/mol. The molecule has 1 atom stereocenters. The predicted octanol–water partition coefficient (Wildman–Crippen LogP) is 2.91. The second kappa shape index (κ2) is 8.49. The summed E-state index contributed by atoms with van der Waals surface area (Å²) < 4.78 is 7.12. The van der Waals surface area contributed by atoms with E-state index in [1.165, 1.54) is 0 Å². The highest BCUT2D eigenvalue weighted by molar-refractivity contribution is 5.81. The molecule has 6 heteroatoms. The first-order valence-corrected chi connectivity index (χ1v) is 9.90. The van der Waals surface area contributed by atoms with Gasteiger partial charge in [0.1, 0.15) is 5.75 Å². The van der Waals surface area contributed by atoms with Crippen molar-refractivity contribution in [1.29, 1.82) is 0 Å².